The molecule has 7 heteroatoms. The second-order valence-corrected chi connectivity index (χ2v) is 7.51. The normalized spacial score (nSPS) is 11.2. The Morgan fingerprint density at radius 1 is 1.00 bits per heavy atom. The number of aliphatic hydroxyl groups excluding tert-OH is 1. The van der Waals surface area contributed by atoms with Crippen LogP contribution in [0.1, 0.15) is 27.0 Å². The SMILES string of the molecule is NCc1cccc(-c2ccc3occ(COc4c(CC(O)O)cccc4C(N)=O)c3c2)c1. The molecule has 6 N–H and O–H groups in total. The van der Waals surface area contributed by atoms with Gasteiger partial charge in [0.15, 0.2) is 6.29 Å². The highest BCUT2D eigenvalue weighted by atomic mass is 16.5. The van der Waals surface area contributed by atoms with Crippen LogP contribution in [0.2, 0.25) is 0 Å². The minimum absolute atomic E-state index is 0.0930. The van der Waals surface area contributed by atoms with Gasteiger partial charge in [-0.15, -0.1) is 0 Å². The molecule has 0 fully saturated rings. The molecule has 0 unspecified atom stereocenters. The van der Waals surface area contributed by atoms with Gasteiger partial charge < -0.3 is 30.8 Å². The summed E-state index contributed by atoms with van der Waals surface area (Å²) in [4.78, 5) is 11.9. The van der Waals surface area contributed by atoms with Gasteiger partial charge >= 0.3 is 0 Å². The Bertz CT molecular complexity index is 1260. The fraction of sp³-hybridized carbons (Fsp3) is 0.160. The van der Waals surface area contributed by atoms with Crippen molar-refractivity contribution in [2.24, 2.45) is 11.5 Å². The molecule has 1 heterocycles. The molecule has 1 amide bonds. The predicted octanol–water partition coefficient (Wildman–Crippen LogP) is 3.09. The number of rotatable bonds is 8. The standard InChI is InChI=1S/C25H24N2O5/c26-12-15-3-1-4-16(9-15)17-7-8-22-21(10-17)19(13-31-22)14-32-24-18(11-23(28)29)5-2-6-20(24)25(27)30/h1-10,13,23,28-29H,11-12,14,26H2,(H2,27,30). The number of furan rings is 1. The van der Waals surface area contributed by atoms with E-state index in [4.69, 9.17) is 20.6 Å². The van der Waals surface area contributed by atoms with Gasteiger partial charge in [-0.3, -0.25) is 4.79 Å². The first-order valence-electron chi connectivity index (χ1n) is 10.2. The minimum atomic E-state index is -1.58. The van der Waals surface area contributed by atoms with Gasteiger partial charge in [-0.1, -0.05) is 36.4 Å². The van der Waals surface area contributed by atoms with Gasteiger partial charge in [0.05, 0.1) is 11.8 Å². The Morgan fingerprint density at radius 2 is 1.78 bits per heavy atom. The van der Waals surface area contributed by atoms with Crippen molar-refractivity contribution >= 4 is 16.9 Å². The lowest BCUT2D eigenvalue weighted by Crippen LogP contribution is -2.16. The van der Waals surface area contributed by atoms with Gasteiger partial charge in [-0.05, 0) is 46.5 Å². The Balaban J connectivity index is 1.66. The summed E-state index contributed by atoms with van der Waals surface area (Å²) >= 11 is 0. The zero-order chi connectivity index (χ0) is 22.7. The summed E-state index contributed by atoms with van der Waals surface area (Å²) in [6.07, 6.45) is -0.0651. The van der Waals surface area contributed by atoms with Crippen LogP contribution in [0.25, 0.3) is 22.1 Å². The van der Waals surface area contributed by atoms with Gasteiger partial charge in [0, 0.05) is 23.9 Å². The maximum atomic E-state index is 11.9. The zero-order valence-corrected chi connectivity index (χ0v) is 17.3. The number of nitrogens with two attached hydrogens (primary N) is 2. The van der Waals surface area contributed by atoms with E-state index in [9.17, 15) is 15.0 Å². The lowest BCUT2D eigenvalue weighted by Gasteiger charge is -2.15. The first kappa shape index (κ1) is 21.6. The quantitative estimate of drug-likeness (QED) is 0.316. The van der Waals surface area contributed by atoms with E-state index < -0.39 is 12.2 Å². The van der Waals surface area contributed by atoms with Crippen LogP contribution in [0.15, 0.2) is 71.3 Å². The Kier molecular flexibility index (Phi) is 6.23. The zero-order valence-electron chi connectivity index (χ0n) is 17.3. The fourth-order valence-electron chi connectivity index (χ4n) is 3.71. The van der Waals surface area contributed by atoms with Crippen LogP contribution in [0, 0.1) is 0 Å². The van der Waals surface area contributed by atoms with Gasteiger partial charge in [0.1, 0.15) is 17.9 Å². The topological polar surface area (TPSA) is 132 Å². The highest BCUT2D eigenvalue weighted by Gasteiger charge is 2.17. The van der Waals surface area contributed by atoms with Crippen molar-refractivity contribution in [2.45, 2.75) is 25.9 Å². The second kappa shape index (κ2) is 9.23. The third-order valence-electron chi connectivity index (χ3n) is 5.29. The lowest BCUT2D eigenvalue weighted by molar-refractivity contribution is -0.0385. The van der Waals surface area contributed by atoms with Crippen LogP contribution >= 0.6 is 0 Å². The lowest BCUT2D eigenvalue weighted by atomic mass is 10.0. The summed E-state index contributed by atoms with van der Waals surface area (Å²) in [5, 5.41) is 19.7. The summed E-state index contributed by atoms with van der Waals surface area (Å²) in [7, 11) is 0. The summed E-state index contributed by atoms with van der Waals surface area (Å²) in [6.45, 7) is 0.573. The van der Waals surface area contributed by atoms with E-state index in [-0.39, 0.29) is 24.3 Å². The fourth-order valence-corrected chi connectivity index (χ4v) is 3.71. The van der Waals surface area contributed by atoms with Crippen molar-refractivity contribution in [1.82, 2.24) is 0 Å². The molecule has 0 saturated carbocycles. The predicted molar refractivity (Wildman–Crippen MR) is 121 cm³/mol. The highest BCUT2D eigenvalue weighted by molar-refractivity contribution is 5.96. The second-order valence-electron chi connectivity index (χ2n) is 7.51. The molecule has 3 aromatic carbocycles. The molecule has 0 atom stereocenters. The molecule has 0 aliphatic heterocycles. The third kappa shape index (κ3) is 4.50. The average Bonchev–Trinajstić information content (AvgIpc) is 3.20. The summed E-state index contributed by atoms with van der Waals surface area (Å²) < 4.78 is 11.6. The number of carbonyl (C=O) groups excluding carboxylic acids is 1. The molecule has 32 heavy (non-hydrogen) atoms. The van der Waals surface area contributed by atoms with Crippen molar-refractivity contribution in [3.63, 3.8) is 0 Å². The smallest absolute Gasteiger partial charge is 0.252 e. The maximum Gasteiger partial charge on any atom is 0.252 e. The molecule has 7 nitrogen and oxygen atoms in total. The third-order valence-corrected chi connectivity index (χ3v) is 5.29. The number of aliphatic hydroxyl groups is 2. The van der Waals surface area contributed by atoms with E-state index in [1.165, 1.54) is 0 Å². The molecule has 4 aromatic rings. The van der Waals surface area contributed by atoms with Crippen molar-refractivity contribution in [1.29, 1.82) is 0 Å². The van der Waals surface area contributed by atoms with Gasteiger partial charge in [0.2, 0.25) is 0 Å². The molecule has 0 aliphatic rings. The number of ether oxygens (including phenoxy) is 1. The van der Waals surface area contributed by atoms with Gasteiger partial charge in [-0.2, -0.15) is 0 Å². The van der Waals surface area contributed by atoms with E-state index in [1.807, 2.05) is 42.5 Å². The minimum Gasteiger partial charge on any atom is -0.488 e. The van der Waals surface area contributed by atoms with E-state index >= 15 is 0 Å². The molecule has 1 aromatic heterocycles. The number of para-hydroxylation sites is 1. The molecule has 0 bridgehead atoms. The average molecular weight is 432 g/mol. The van der Waals surface area contributed by atoms with Gasteiger partial charge in [-0.25, -0.2) is 0 Å². The van der Waals surface area contributed by atoms with Crippen molar-refractivity contribution in [3.8, 4) is 16.9 Å². The number of fused-ring (bicyclic) bond motifs is 1. The first-order chi connectivity index (χ1) is 15.5. The van der Waals surface area contributed by atoms with Crippen molar-refractivity contribution in [3.05, 3.63) is 89.2 Å². The van der Waals surface area contributed by atoms with E-state index in [1.54, 1.807) is 24.5 Å². The molecular weight excluding hydrogens is 408 g/mol. The van der Waals surface area contributed by atoms with Crippen molar-refractivity contribution in [2.75, 3.05) is 0 Å². The van der Waals surface area contributed by atoms with Crippen LogP contribution in [-0.2, 0) is 19.6 Å². The Labute approximate surface area is 184 Å². The molecule has 0 spiro atoms. The van der Waals surface area contributed by atoms with Crippen LogP contribution in [0.3, 0.4) is 0 Å². The molecule has 4 rings (SSSR count). The monoisotopic (exact) mass is 432 g/mol. The summed E-state index contributed by atoms with van der Waals surface area (Å²) in [6, 6.07) is 18.8. The molecular formula is C25H24N2O5. The largest absolute Gasteiger partial charge is 0.488 e. The maximum absolute atomic E-state index is 11.9. The number of carbonyl (C=O) groups is 1. The van der Waals surface area contributed by atoms with E-state index in [0.29, 0.717) is 17.7 Å². The van der Waals surface area contributed by atoms with Crippen LogP contribution in [0.4, 0.5) is 0 Å². The first-order valence-corrected chi connectivity index (χ1v) is 10.2. The molecule has 0 aliphatic carbocycles. The number of primary amides is 1. The number of hydrogen-bond donors (Lipinski definition) is 4. The van der Waals surface area contributed by atoms with Crippen LogP contribution in [0.5, 0.6) is 5.75 Å². The van der Waals surface area contributed by atoms with Gasteiger partial charge in [0.25, 0.3) is 5.91 Å². The van der Waals surface area contributed by atoms with E-state index in [2.05, 4.69) is 0 Å². The number of benzene rings is 3. The van der Waals surface area contributed by atoms with E-state index in [0.717, 1.165) is 27.6 Å². The number of amides is 1. The Hall–Kier alpha value is -3.65. The van der Waals surface area contributed by atoms with Crippen molar-refractivity contribution < 1.29 is 24.2 Å². The highest BCUT2D eigenvalue weighted by Crippen LogP contribution is 2.31. The molecule has 0 saturated heterocycles. The summed E-state index contributed by atoms with van der Waals surface area (Å²) in [5.74, 6) is -0.428. The Morgan fingerprint density at radius 3 is 2.53 bits per heavy atom. The molecule has 0 radical (unpaired) electrons. The van der Waals surface area contributed by atoms with Crippen LogP contribution in [-0.4, -0.2) is 22.4 Å². The number of hydrogen-bond acceptors (Lipinski definition) is 6. The van der Waals surface area contributed by atoms with Crippen LogP contribution < -0.4 is 16.2 Å². The summed E-state index contributed by atoms with van der Waals surface area (Å²) in [5.41, 5.74) is 16.5. The molecule has 164 valence electrons.